The van der Waals surface area contributed by atoms with Crippen molar-refractivity contribution in [3.63, 3.8) is 0 Å². The van der Waals surface area contributed by atoms with Crippen molar-refractivity contribution in [2.75, 3.05) is 26.2 Å². The summed E-state index contributed by atoms with van der Waals surface area (Å²) in [5.74, 6) is 0.157. The van der Waals surface area contributed by atoms with Gasteiger partial charge in [-0.15, -0.1) is 0 Å². The monoisotopic (exact) mass is 212 g/mol. The minimum Gasteiger partial charge on any atom is -0.366 e. The van der Waals surface area contributed by atoms with E-state index in [1.807, 2.05) is 4.90 Å². The van der Waals surface area contributed by atoms with E-state index in [0.717, 1.165) is 25.9 Å². The van der Waals surface area contributed by atoms with Gasteiger partial charge in [0.05, 0.1) is 6.61 Å². The minimum absolute atomic E-state index is 0.0118. The number of carbonyl (C=O) groups is 1. The Labute approximate surface area is 91.0 Å². The van der Waals surface area contributed by atoms with Gasteiger partial charge in [-0.3, -0.25) is 4.79 Å². The van der Waals surface area contributed by atoms with Gasteiger partial charge in [0.15, 0.2) is 0 Å². The second kappa shape index (κ2) is 4.10. The van der Waals surface area contributed by atoms with Gasteiger partial charge in [0.25, 0.3) is 5.91 Å². The van der Waals surface area contributed by atoms with Crippen LogP contribution in [0.15, 0.2) is 0 Å². The van der Waals surface area contributed by atoms with E-state index in [0.29, 0.717) is 13.2 Å². The highest BCUT2D eigenvalue weighted by molar-refractivity contribution is 5.82. The minimum atomic E-state index is -0.267. The molecule has 1 amide bonds. The maximum atomic E-state index is 12.2. The fourth-order valence-corrected chi connectivity index (χ4v) is 2.41. The molecule has 15 heavy (non-hydrogen) atoms. The van der Waals surface area contributed by atoms with Gasteiger partial charge in [-0.2, -0.15) is 0 Å². The van der Waals surface area contributed by atoms with Crippen LogP contribution >= 0.6 is 0 Å². The Kier molecular flexibility index (Phi) is 2.98. The summed E-state index contributed by atoms with van der Waals surface area (Å²) in [6.45, 7) is 7.30. The number of nitrogens with zero attached hydrogens (tertiary/aromatic N) is 1. The molecule has 4 nitrogen and oxygen atoms in total. The predicted octanol–water partition coefficient (Wildman–Crippen LogP) is 0.376. The van der Waals surface area contributed by atoms with Crippen LogP contribution in [0.2, 0.25) is 0 Å². The first-order valence-corrected chi connectivity index (χ1v) is 5.75. The van der Waals surface area contributed by atoms with Crippen LogP contribution in [0, 0.1) is 0 Å². The van der Waals surface area contributed by atoms with Crippen molar-refractivity contribution >= 4 is 5.91 Å². The molecule has 86 valence electrons. The molecule has 2 fully saturated rings. The average molecular weight is 212 g/mol. The predicted molar refractivity (Wildman–Crippen MR) is 57.6 cm³/mol. The summed E-state index contributed by atoms with van der Waals surface area (Å²) >= 11 is 0. The van der Waals surface area contributed by atoms with Crippen LogP contribution in [0.5, 0.6) is 0 Å². The normalized spacial score (nSPS) is 30.5. The van der Waals surface area contributed by atoms with Crippen molar-refractivity contribution in [1.82, 2.24) is 10.2 Å². The third-order valence-electron chi connectivity index (χ3n) is 3.37. The molecule has 0 spiro atoms. The molecule has 2 rings (SSSR count). The highest BCUT2D eigenvalue weighted by Crippen LogP contribution is 2.29. The van der Waals surface area contributed by atoms with Crippen LogP contribution in [0.4, 0.5) is 0 Å². The number of hydrogen-bond donors (Lipinski definition) is 1. The first-order chi connectivity index (χ1) is 7.11. The van der Waals surface area contributed by atoms with E-state index in [2.05, 4.69) is 19.2 Å². The van der Waals surface area contributed by atoms with Gasteiger partial charge in [0.2, 0.25) is 0 Å². The molecule has 2 aliphatic rings. The summed E-state index contributed by atoms with van der Waals surface area (Å²) in [5, 5.41) is 3.19. The van der Waals surface area contributed by atoms with Crippen LogP contribution in [-0.4, -0.2) is 48.7 Å². The molecule has 0 saturated carbocycles. The Bertz CT molecular complexity index is 247. The quantitative estimate of drug-likeness (QED) is 0.683. The molecule has 0 radical (unpaired) electrons. The third-order valence-corrected chi connectivity index (χ3v) is 3.37. The third kappa shape index (κ3) is 2.16. The number of carbonyl (C=O) groups excluding carboxylic acids is 1. The number of likely N-dealkylation sites (tertiary alicyclic amines) is 1. The number of amides is 1. The van der Waals surface area contributed by atoms with Crippen molar-refractivity contribution in [2.24, 2.45) is 0 Å². The average Bonchev–Trinajstić information content (AvgIpc) is 2.58. The van der Waals surface area contributed by atoms with Crippen molar-refractivity contribution < 1.29 is 9.53 Å². The zero-order valence-corrected chi connectivity index (χ0v) is 9.58. The summed E-state index contributed by atoms with van der Waals surface area (Å²) in [4.78, 5) is 14.2. The van der Waals surface area contributed by atoms with Gasteiger partial charge in [0, 0.05) is 25.2 Å². The van der Waals surface area contributed by atoms with Crippen molar-refractivity contribution in [1.29, 1.82) is 0 Å². The van der Waals surface area contributed by atoms with Crippen LogP contribution in [-0.2, 0) is 9.53 Å². The second-order valence-corrected chi connectivity index (χ2v) is 4.97. The van der Waals surface area contributed by atoms with E-state index >= 15 is 0 Å². The molecule has 2 aliphatic heterocycles. The summed E-state index contributed by atoms with van der Waals surface area (Å²) in [6.07, 6.45) is 1.94. The number of morpholine rings is 1. The fraction of sp³-hybridized carbons (Fsp3) is 0.909. The Balaban J connectivity index is 2.00. The SMILES string of the molecule is CC1(C)CCCN1C(=O)[C@H]1CNCCO1. The number of nitrogens with one attached hydrogen (secondary N) is 1. The molecule has 0 aliphatic carbocycles. The number of rotatable bonds is 1. The largest absolute Gasteiger partial charge is 0.366 e. The first-order valence-electron chi connectivity index (χ1n) is 5.75. The van der Waals surface area contributed by atoms with Gasteiger partial charge < -0.3 is 15.0 Å². The molecule has 0 aromatic carbocycles. The Morgan fingerprint density at radius 2 is 2.33 bits per heavy atom. The van der Waals surface area contributed by atoms with Crippen LogP contribution in [0.3, 0.4) is 0 Å². The van der Waals surface area contributed by atoms with Gasteiger partial charge in [-0.25, -0.2) is 0 Å². The molecule has 0 aromatic heterocycles. The topological polar surface area (TPSA) is 41.6 Å². The highest BCUT2D eigenvalue weighted by Gasteiger charge is 2.38. The molecule has 0 unspecified atom stereocenters. The highest BCUT2D eigenvalue weighted by atomic mass is 16.5. The fourth-order valence-electron chi connectivity index (χ4n) is 2.41. The molecule has 2 saturated heterocycles. The maximum absolute atomic E-state index is 12.2. The molecular weight excluding hydrogens is 192 g/mol. The standard InChI is InChI=1S/C11H20N2O2/c1-11(2)4-3-6-13(11)10(14)9-8-12-5-7-15-9/h9,12H,3-8H2,1-2H3/t9-/m1/s1. The van der Waals surface area contributed by atoms with E-state index in [-0.39, 0.29) is 17.6 Å². The van der Waals surface area contributed by atoms with Crippen molar-refractivity contribution in [3.05, 3.63) is 0 Å². The van der Waals surface area contributed by atoms with Crippen LogP contribution in [0.25, 0.3) is 0 Å². The van der Waals surface area contributed by atoms with E-state index in [1.54, 1.807) is 0 Å². The van der Waals surface area contributed by atoms with Crippen molar-refractivity contribution in [2.45, 2.75) is 38.3 Å². The lowest BCUT2D eigenvalue weighted by Gasteiger charge is -2.35. The Morgan fingerprint density at radius 1 is 1.53 bits per heavy atom. The van der Waals surface area contributed by atoms with Gasteiger partial charge in [-0.1, -0.05) is 0 Å². The maximum Gasteiger partial charge on any atom is 0.253 e. The zero-order chi connectivity index (χ0) is 10.9. The molecule has 4 heteroatoms. The van der Waals surface area contributed by atoms with E-state index in [9.17, 15) is 4.79 Å². The summed E-state index contributed by atoms with van der Waals surface area (Å²) in [7, 11) is 0. The molecule has 2 heterocycles. The zero-order valence-electron chi connectivity index (χ0n) is 9.58. The molecule has 0 aromatic rings. The van der Waals surface area contributed by atoms with E-state index in [4.69, 9.17) is 4.74 Å². The van der Waals surface area contributed by atoms with Crippen LogP contribution < -0.4 is 5.32 Å². The summed E-state index contributed by atoms with van der Waals surface area (Å²) in [6, 6.07) is 0. The molecule has 1 N–H and O–H groups in total. The lowest BCUT2D eigenvalue weighted by Crippen LogP contribution is -2.53. The van der Waals surface area contributed by atoms with E-state index < -0.39 is 0 Å². The Morgan fingerprint density at radius 3 is 2.87 bits per heavy atom. The van der Waals surface area contributed by atoms with Gasteiger partial charge in [0.1, 0.15) is 6.10 Å². The summed E-state index contributed by atoms with van der Waals surface area (Å²) in [5.41, 5.74) is 0.0118. The number of hydrogen-bond acceptors (Lipinski definition) is 3. The smallest absolute Gasteiger partial charge is 0.253 e. The van der Waals surface area contributed by atoms with E-state index in [1.165, 1.54) is 0 Å². The lowest BCUT2D eigenvalue weighted by atomic mass is 10.0. The first kappa shape index (κ1) is 10.9. The second-order valence-electron chi connectivity index (χ2n) is 4.97. The van der Waals surface area contributed by atoms with Gasteiger partial charge >= 0.3 is 0 Å². The van der Waals surface area contributed by atoms with Crippen molar-refractivity contribution in [3.8, 4) is 0 Å². The molecular formula is C11H20N2O2. The lowest BCUT2D eigenvalue weighted by molar-refractivity contribution is -0.148. The van der Waals surface area contributed by atoms with Crippen LogP contribution in [0.1, 0.15) is 26.7 Å². The molecule has 0 bridgehead atoms. The molecule has 1 atom stereocenters. The summed E-state index contributed by atoms with van der Waals surface area (Å²) < 4.78 is 5.49. The Hall–Kier alpha value is -0.610. The van der Waals surface area contributed by atoms with Gasteiger partial charge in [-0.05, 0) is 26.7 Å². The number of ether oxygens (including phenoxy) is 1.